The number of hydrogen-bond donors (Lipinski definition) is 1. The number of ether oxygens (including phenoxy) is 1. The Morgan fingerprint density at radius 3 is 3.00 bits per heavy atom. The van der Waals surface area contributed by atoms with Crippen molar-refractivity contribution >= 4 is 23.1 Å². The van der Waals surface area contributed by atoms with Crippen LogP contribution in [-0.2, 0) is 4.74 Å². The molecule has 2 N–H and O–H groups in total. The molecular weight excluding hydrogens is 214 g/mol. The molecule has 0 aromatic carbocycles. The normalized spacial score (nSPS) is 20.9. The summed E-state index contributed by atoms with van der Waals surface area (Å²) in [4.78, 5) is 6.38. The molecule has 15 heavy (non-hydrogen) atoms. The fraction of sp³-hybridized carbons (Fsp3) is 0.500. The Balaban J connectivity index is 2.16. The number of nitrogens with zero attached hydrogens (tertiary/aromatic N) is 2. The Labute approximate surface area is 94.0 Å². The average molecular weight is 228 g/mol. The molecule has 0 spiro atoms. The van der Waals surface area contributed by atoms with Gasteiger partial charge < -0.3 is 15.4 Å². The van der Waals surface area contributed by atoms with E-state index in [1.807, 2.05) is 6.07 Å². The Morgan fingerprint density at radius 2 is 2.40 bits per heavy atom. The third kappa shape index (κ3) is 2.33. The summed E-state index contributed by atoms with van der Waals surface area (Å²) in [5, 5.41) is 0.436. The van der Waals surface area contributed by atoms with E-state index in [0.717, 1.165) is 25.3 Å². The van der Waals surface area contributed by atoms with Crippen molar-refractivity contribution in [2.75, 3.05) is 30.8 Å². The van der Waals surface area contributed by atoms with Crippen molar-refractivity contribution in [3.63, 3.8) is 0 Å². The van der Waals surface area contributed by atoms with Gasteiger partial charge in [0.25, 0.3) is 0 Å². The van der Waals surface area contributed by atoms with Crippen molar-refractivity contribution in [3.05, 3.63) is 17.3 Å². The lowest BCUT2D eigenvalue weighted by Crippen LogP contribution is -2.23. The monoisotopic (exact) mass is 227 g/mol. The Kier molecular flexibility index (Phi) is 2.98. The number of pyridine rings is 1. The maximum absolute atomic E-state index is 5.85. The summed E-state index contributed by atoms with van der Waals surface area (Å²) in [7, 11) is 1.73. The minimum absolute atomic E-state index is 0.284. The number of anilines is 2. The molecule has 5 heteroatoms. The second kappa shape index (κ2) is 4.24. The second-order valence-corrected chi connectivity index (χ2v) is 4.06. The molecule has 0 radical (unpaired) electrons. The molecular formula is C10H14ClN3O. The van der Waals surface area contributed by atoms with Gasteiger partial charge in [0.15, 0.2) is 0 Å². The summed E-state index contributed by atoms with van der Waals surface area (Å²) in [6.07, 6.45) is 1.30. The second-order valence-electron chi connectivity index (χ2n) is 3.67. The minimum atomic E-state index is 0.284. The molecule has 1 aliphatic heterocycles. The SMILES string of the molecule is COC1CCN(c2cc(N)cc(Cl)n2)C1. The van der Waals surface area contributed by atoms with Crippen LogP contribution in [0.15, 0.2) is 12.1 Å². The highest BCUT2D eigenvalue weighted by Crippen LogP contribution is 2.23. The third-order valence-electron chi connectivity index (χ3n) is 2.61. The molecule has 2 heterocycles. The van der Waals surface area contributed by atoms with E-state index in [1.165, 1.54) is 0 Å². The van der Waals surface area contributed by atoms with Gasteiger partial charge in [0.2, 0.25) is 0 Å². The van der Waals surface area contributed by atoms with Crippen LogP contribution in [0, 0.1) is 0 Å². The largest absolute Gasteiger partial charge is 0.399 e. The van der Waals surface area contributed by atoms with Crippen molar-refractivity contribution in [2.45, 2.75) is 12.5 Å². The zero-order chi connectivity index (χ0) is 10.8. The summed E-state index contributed by atoms with van der Waals surface area (Å²) in [5.41, 5.74) is 6.36. The van der Waals surface area contributed by atoms with Crippen LogP contribution in [0.2, 0.25) is 5.15 Å². The van der Waals surface area contributed by atoms with Gasteiger partial charge in [0.1, 0.15) is 11.0 Å². The maximum atomic E-state index is 5.85. The topological polar surface area (TPSA) is 51.4 Å². The van der Waals surface area contributed by atoms with E-state index < -0.39 is 0 Å². The van der Waals surface area contributed by atoms with Crippen LogP contribution in [0.4, 0.5) is 11.5 Å². The number of methoxy groups -OCH3 is 1. The van der Waals surface area contributed by atoms with E-state index in [2.05, 4.69) is 9.88 Å². The summed E-state index contributed by atoms with van der Waals surface area (Å²) >= 11 is 5.85. The highest BCUT2D eigenvalue weighted by atomic mass is 35.5. The molecule has 2 rings (SSSR count). The van der Waals surface area contributed by atoms with E-state index in [-0.39, 0.29) is 6.10 Å². The minimum Gasteiger partial charge on any atom is -0.399 e. The first-order valence-electron chi connectivity index (χ1n) is 4.90. The van der Waals surface area contributed by atoms with Crippen molar-refractivity contribution in [2.24, 2.45) is 0 Å². The molecule has 0 saturated carbocycles. The van der Waals surface area contributed by atoms with Gasteiger partial charge in [-0.2, -0.15) is 0 Å². The lowest BCUT2D eigenvalue weighted by molar-refractivity contribution is 0.121. The molecule has 1 saturated heterocycles. The van der Waals surface area contributed by atoms with Gasteiger partial charge in [-0.1, -0.05) is 11.6 Å². The van der Waals surface area contributed by atoms with Crippen molar-refractivity contribution < 1.29 is 4.74 Å². The van der Waals surface area contributed by atoms with Gasteiger partial charge in [0.05, 0.1) is 6.10 Å². The van der Waals surface area contributed by atoms with E-state index in [9.17, 15) is 0 Å². The lowest BCUT2D eigenvalue weighted by Gasteiger charge is -2.17. The average Bonchev–Trinajstić information content (AvgIpc) is 2.64. The van der Waals surface area contributed by atoms with Crippen LogP contribution in [0.5, 0.6) is 0 Å². The molecule has 1 aromatic heterocycles. The lowest BCUT2D eigenvalue weighted by atomic mass is 10.3. The third-order valence-corrected chi connectivity index (χ3v) is 2.80. The van der Waals surface area contributed by atoms with Crippen molar-refractivity contribution in [3.8, 4) is 0 Å². The van der Waals surface area contributed by atoms with E-state index in [0.29, 0.717) is 10.8 Å². The molecule has 0 bridgehead atoms. The number of rotatable bonds is 2. The van der Waals surface area contributed by atoms with Gasteiger partial charge in [-0.25, -0.2) is 4.98 Å². The molecule has 0 amide bonds. The molecule has 4 nitrogen and oxygen atoms in total. The molecule has 82 valence electrons. The predicted molar refractivity (Wildman–Crippen MR) is 61.3 cm³/mol. The standard InChI is InChI=1S/C10H14ClN3O/c1-15-8-2-3-14(6-8)10-5-7(12)4-9(11)13-10/h4-5,8H,2-3,6H2,1H3,(H2,12,13). The number of aromatic nitrogens is 1. The van der Waals surface area contributed by atoms with E-state index in [1.54, 1.807) is 13.2 Å². The fourth-order valence-corrected chi connectivity index (χ4v) is 2.01. The molecule has 1 fully saturated rings. The number of nitrogens with two attached hydrogens (primary N) is 1. The summed E-state index contributed by atoms with van der Waals surface area (Å²) in [5.74, 6) is 0.833. The van der Waals surface area contributed by atoms with Crippen LogP contribution in [0.25, 0.3) is 0 Å². The van der Waals surface area contributed by atoms with Crippen molar-refractivity contribution in [1.29, 1.82) is 0 Å². The molecule has 1 unspecified atom stereocenters. The first-order valence-corrected chi connectivity index (χ1v) is 5.27. The molecule has 1 aromatic rings. The summed E-state index contributed by atoms with van der Waals surface area (Å²) < 4.78 is 5.29. The first kappa shape index (κ1) is 10.5. The first-order chi connectivity index (χ1) is 7.19. The quantitative estimate of drug-likeness (QED) is 0.779. The molecule has 1 aliphatic rings. The number of hydrogen-bond acceptors (Lipinski definition) is 4. The predicted octanol–water partition coefficient (Wildman–Crippen LogP) is 1.54. The highest BCUT2D eigenvalue weighted by molar-refractivity contribution is 6.29. The van der Waals surface area contributed by atoms with Crippen LogP contribution >= 0.6 is 11.6 Å². The zero-order valence-corrected chi connectivity index (χ0v) is 9.37. The Morgan fingerprint density at radius 1 is 1.60 bits per heavy atom. The van der Waals surface area contributed by atoms with Gasteiger partial charge in [0, 0.05) is 32.0 Å². The van der Waals surface area contributed by atoms with E-state index in [4.69, 9.17) is 22.1 Å². The summed E-state index contributed by atoms with van der Waals surface area (Å²) in [6.45, 7) is 1.79. The van der Waals surface area contributed by atoms with E-state index >= 15 is 0 Å². The van der Waals surface area contributed by atoms with Crippen LogP contribution in [-0.4, -0.2) is 31.3 Å². The fourth-order valence-electron chi connectivity index (χ4n) is 1.79. The summed E-state index contributed by atoms with van der Waals surface area (Å²) in [6, 6.07) is 3.48. The number of nitrogen functional groups attached to an aromatic ring is 1. The molecule has 1 atom stereocenters. The van der Waals surface area contributed by atoms with Crippen LogP contribution < -0.4 is 10.6 Å². The zero-order valence-electron chi connectivity index (χ0n) is 8.61. The van der Waals surface area contributed by atoms with Crippen LogP contribution in [0.3, 0.4) is 0 Å². The van der Waals surface area contributed by atoms with Gasteiger partial charge in [-0.3, -0.25) is 0 Å². The van der Waals surface area contributed by atoms with Crippen molar-refractivity contribution in [1.82, 2.24) is 4.98 Å². The number of halogens is 1. The highest BCUT2D eigenvalue weighted by Gasteiger charge is 2.23. The maximum Gasteiger partial charge on any atom is 0.133 e. The van der Waals surface area contributed by atoms with Crippen LogP contribution in [0.1, 0.15) is 6.42 Å². The smallest absolute Gasteiger partial charge is 0.133 e. The Bertz CT molecular complexity index is 338. The van der Waals surface area contributed by atoms with Gasteiger partial charge >= 0.3 is 0 Å². The van der Waals surface area contributed by atoms with Gasteiger partial charge in [-0.05, 0) is 12.5 Å². The Hall–Kier alpha value is -1.00. The van der Waals surface area contributed by atoms with Gasteiger partial charge in [-0.15, -0.1) is 0 Å². The molecule has 0 aliphatic carbocycles.